The molecular weight excluding hydrogens is 343 g/mol. The number of piperidine rings is 1. The number of benzene rings is 2. The van der Waals surface area contributed by atoms with Gasteiger partial charge in [0.25, 0.3) is 0 Å². The standard InChI is InChI=1S/C22H23FN2O2/c23-20-13-15(8-9-21(20)27)19-14-24-22(18-7-2-1-6-17(18)19)25-11-4-3-5-16(25)10-12-26/h1-2,6-9,13-14,16,26-27H,3-5,10-12H2. The van der Waals surface area contributed by atoms with Gasteiger partial charge < -0.3 is 15.1 Å². The third-order valence-corrected chi connectivity index (χ3v) is 5.39. The second kappa shape index (κ2) is 7.53. The zero-order chi connectivity index (χ0) is 18.8. The van der Waals surface area contributed by atoms with Crippen molar-refractivity contribution < 1.29 is 14.6 Å². The first-order chi connectivity index (χ1) is 13.2. The van der Waals surface area contributed by atoms with Crippen molar-refractivity contribution in [2.45, 2.75) is 31.7 Å². The van der Waals surface area contributed by atoms with E-state index in [1.165, 1.54) is 18.6 Å². The van der Waals surface area contributed by atoms with Crippen LogP contribution in [-0.2, 0) is 0 Å². The molecule has 0 amide bonds. The molecule has 1 fully saturated rings. The molecule has 4 rings (SSSR count). The fourth-order valence-electron chi connectivity index (χ4n) is 4.04. The van der Waals surface area contributed by atoms with Gasteiger partial charge in [-0.3, -0.25) is 0 Å². The van der Waals surface area contributed by atoms with Gasteiger partial charge in [-0.1, -0.05) is 30.3 Å². The Balaban J connectivity index is 1.84. The number of pyridine rings is 1. The first-order valence-corrected chi connectivity index (χ1v) is 9.43. The number of rotatable bonds is 4. The molecule has 1 aliphatic heterocycles. The van der Waals surface area contributed by atoms with Gasteiger partial charge in [0.2, 0.25) is 0 Å². The quantitative estimate of drug-likeness (QED) is 0.714. The van der Waals surface area contributed by atoms with Crippen molar-refractivity contribution in [3.63, 3.8) is 0 Å². The molecule has 27 heavy (non-hydrogen) atoms. The number of fused-ring (bicyclic) bond motifs is 1. The molecule has 2 heterocycles. The average molecular weight is 366 g/mol. The van der Waals surface area contributed by atoms with Crippen molar-refractivity contribution in [1.82, 2.24) is 4.98 Å². The van der Waals surface area contributed by atoms with Gasteiger partial charge in [-0.2, -0.15) is 0 Å². The predicted molar refractivity (Wildman–Crippen MR) is 105 cm³/mol. The van der Waals surface area contributed by atoms with Crippen LogP contribution in [0.5, 0.6) is 5.75 Å². The summed E-state index contributed by atoms with van der Waals surface area (Å²) in [5.74, 6) is -0.0701. The minimum absolute atomic E-state index is 0.171. The zero-order valence-corrected chi connectivity index (χ0v) is 15.1. The highest BCUT2D eigenvalue weighted by Crippen LogP contribution is 2.36. The smallest absolute Gasteiger partial charge is 0.165 e. The molecule has 4 nitrogen and oxygen atoms in total. The van der Waals surface area contributed by atoms with Crippen LogP contribution < -0.4 is 4.90 Å². The monoisotopic (exact) mass is 366 g/mol. The maximum absolute atomic E-state index is 13.9. The van der Waals surface area contributed by atoms with Gasteiger partial charge in [0.05, 0.1) is 0 Å². The van der Waals surface area contributed by atoms with Gasteiger partial charge in [-0.15, -0.1) is 0 Å². The van der Waals surface area contributed by atoms with E-state index in [1.54, 1.807) is 12.3 Å². The molecule has 2 aromatic carbocycles. The molecule has 1 aliphatic rings. The summed E-state index contributed by atoms with van der Waals surface area (Å²) < 4.78 is 13.9. The van der Waals surface area contributed by atoms with Crippen LogP contribution in [0.4, 0.5) is 10.2 Å². The molecule has 2 N–H and O–H groups in total. The Morgan fingerprint density at radius 2 is 1.93 bits per heavy atom. The summed E-state index contributed by atoms with van der Waals surface area (Å²) in [5.41, 5.74) is 1.52. The number of halogens is 1. The van der Waals surface area contributed by atoms with Crippen LogP contribution in [0.15, 0.2) is 48.7 Å². The Morgan fingerprint density at radius 1 is 1.11 bits per heavy atom. The van der Waals surface area contributed by atoms with Gasteiger partial charge in [-0.05, 0) is 48.8 Å². The van der Waals surface area contributed by atoms with Gasteiger partial charge >= 0.3 is 0 Å². The summed E-state index contributed by atoms with van der Waals surface area (Å²) >= 11 is 0. The zero-order valence-electron chi connectivity index (χ0n) is 15.1. The largest absolute Gasteiger partial charge is 0.505 e. The van der Waals surface area contributed by atoms with Gasteiger partial charge in [0, 0.05) is 36.3 Å². The fraction of sp³-hybridized carbons (Fsp3) is 0.318. The lowest BCUT2D eigenvalue weighted by atomic mass is 9.96. The van der Waals surface area contributed by atoms with Crippen molar-refractivity contribution in [3.8, 4) is 16.9 Å². The summed E-state index contributed by atoms with van der Waals surface area (Å²) in [6.07, 6.45) is 5.86. The highest BCUT2D eigenvalue weighted by molar-refractivity contribution is 6.02. The Morgan fingerprint density at radius 3 is 2.70 bits per heavy atom. The van der Waals surface area contributed by atoms with E-state index in [0.717, 1.165) is 48.0 Å². The van der Waals surface area contributed by atoms with E-state index in [4.69, 9.17) is 4.98 Å². The van der Waals surface area contributed by atoms with E-state index in [1.807, 2.05) is 24.3 Å². The van der Waals surface area contributed by atoms with Crippen molar-refractivity contribution >= 4 is 16.6 Å². The number of hydrogen-bond acceptors (Lipinski definition) is 4. The van der Waals surface area contributed by atoms with Crippen molar-refractivity contribution in [3.05, 3.63) is 54.5 Å². The van der Waals surface area contributed by atoms with Gasteiger partial charge in [0.1, 0.15) is 5.82 Å². The number of aliphatic hydroxyl groups excluding tert-OH is 1. The Bertz CT molecular complexity index is 958. The first kappa shape index (κ1) is 17.7. The molecular formula is C22H23FN2O2. The highest BCUT2D eigenvalue weighted by atomic mass is 19.1. The summed E-state index contributed by atoms with van der Waals surface area (Å²) in [6, 6.07) is 12.7. The Kier molecular flexibility index (Phi) is 4.94. The number of phenols is 1. The first-order valence-electron chi connectivity index (χ1n) is 9.43. The Hall–Kier alpha value is -2.66. The van der Waals surface area contributed by atoms with E-state index in [-0.39, 0.29) is 18.4 Å². The third-order valence-electron chi connectivity index (χ3n) is 5.39. The van der Waals surface area contributed by atoms with Crippen LogP contribution in [0.25, 0.3) is 21.9 Å². The van der Waals surface area contributed by atoms with Crippen molar-refractivity contribution in [2.24, 2.45) is 0 Å². The van der Waals surface area contributed by atoms with Crippen LogP contribution in [-0.4, -0.2) is 34.4 Å². The lowest BCUT2D eigenvalue weighted by molar-refractivity contribution is 0.262. The van der Waals surface area contributed by atoms with Crippen LogP contribution in [0.3, 0.4) is 0 Å². The summed E-state index contributed by atoms with van der Waals surface area (Å²) in [4.78, 5) is 7.06. The number of anilines is 1. The highest BCUT2D eigenvalue weighted by Gasteiger charge is 2.25. The van der Waals surface area contributed by atoms with Gasteiger partial charge in [0.15, 0.2) is 11.6 Å². The minimum Gasteiger partial charge on any atom is -0.505 e. The Labute approximate surface area is 157 Å². The number of aromatic nitrogens is 1. The van der Waals surface area contributed by atoms with Gasteiger partial charge in [-0.25, -0.2) is 9.37 Å². The van der Waals surface area contributed by atoms with Crippen LogP contribution in [0, 0.1) is 5.82 Å². The predicted octanol–water partition coefficient (Wildman–Crippen LogP) is 4.49. The molecule has 0 saturated carbocycles. The topological polar surface area (TPSA) is 56.6 Å². The SMILES string of the molecule is OCCC1CCCCN1c1ncc(-c2ccc(O)c(F)c2)c2ccccc12. The maximum atomic E-state index is 13.9. The lowest BCUT2D eigenvalue weighted by Crippen LogP contribution is -2.40. The van der Waals surface area contributed by atoms with Crippen molar-refractivity contribution in [1.29, 1.82) is 0 Å². The molecule has 1 aromatic heterocycles. The molecule has 5 heteroatoms. The third kappa shape index (κ3) is 3.35. The minimum atomic E-state index is -0.639. The van der Waals surface area contributed by atoms with E-state index in [9.17, 15) is 14.6 Å². The number of aromatic hydroxyl groups is 1. The van der Waals surface area contributed by atoms with Crippen LogP contribution in [0.1, 0.15) is 25.7 Å². The summed E-state index contributed by atoms with van der Waals surface area (Å²) in [6.45, 7) is 1.10. The second-order valence-electron chi connectivity index (χ2n) is 7.06. The molecule has 1 saturated heterocycles. The van der Waals surface area contributed by atoms with E-state index < -0.39 is 5.82 Å². The molecule has 140 valence electrons. The molecule has 0 radical (unpaired) electrons. The number of hydrogen-bond donors (Lipinski definition) is 2. The summed E-state index contributed by atoms with van der Waals surface area (Å²) in [5, 5.41) is 20.9. The number of phenolic OH excluding ortho intramolecular Hbond substituents is 1. The second-order valence-corrected chi connectivity index (χ2v) is 7.06. The van der Waals surface area contributed by atoms with E-state index in [2.05, 4.69) is 4.90 Å². The molecule has 3 aromatic rings. The molecule has 0 aliphatic carbocycles. The average Bonchev–Trinajstić information content (AvgIpc) is 2.70. The molecule has 1 unspecified atom stereocenters. The van der Waals surface area contributed by atoms with Crippen LogP contribution >= 0.6 is 0 Å². The molecule has 0 spiro atoms. The summed E-state index contributed by atoms with van der Waals surface area (Å²) in [7, 11) is 0. The lowest BCUT2D eigenvalue weighted by Gasteiger charge is -2.37. The maximum Gasteiger partial charge on any atom is 0.165 e. The van der Waals surface area contributed by atoms with Crippen LogP contribution in [0.2, 0.25) is 0 Å². The van der Waals surface area contributed by atoms with E-state index >= 15 is 0 Å². The van der Waals surface area contributed by atoms with Crippen molar-refractivity contribution in [2.75, 3.05) is 18.1 Å². The molecule has 1 atom stereocenters. The number of nitrogens with zero attached hydrogens (tertiary/aromatic N) is 2. The molecule has 0 bridgehead atoms. The number of aliphatic hydroxyl groups is 1. The fourth-order valence-corrected chi connectivity index (χ4v) is 4.04. The normalized spacial score (nSPS) is 17.4. The van der Waals surface area contributed by atoms with E-state index in [0.29, 0.717) is 5.56 Å².